The molecule has 0 saturated heterocycles. The van der Waals surface area contributed by atoms with E-state index in [0.29, 0.717) is 5.56 Å². The molecule has 82 valence electrons. The first-order chi connectivity index (χ1) is 7.55. The molecule has 1 aromatic rings. The average molecular weight is 214 g/mol. The maximum absolute atomic E-state index is 11.6. The van der Waals surface area contributed by atoms with Crippen molar-refractivity contribution in [1.82, 2.24) is 0 Å². The maximum atomic E-state index is 11.6. The highest BCUT2D eigenvalue weighted by Crippen LogP contribution is 2.08. The van der Waals surface area contributed by atoms with Crippen molar-refractivity contribution in [3.8, 4) is 12.3 Å². The zero-order valence-electron chi connectivity index (χ0n) is 9.18. The number of allylic oxidation sites excluding steroid dienone is 1. The average Bonchev–Trinajstić information content (AvgIpc) is 2.30. The quantitative estimate of drug-likeness (QED) is 0.474. The van der Waals surface area contributed by atoms with Gasteiger partial charge in [0.2, 0.25) is 0 Å². The van der Waals surface area contributed by atoms with E-state index in [4.69, 9.17) is 6.42 Å². The van der Waals surface area contributed by atoms with E-state index in [1.165, 1.54) is 13.0 Å². The molecule has 0 amide bonds. The van der Waals surface area contributed by atoms with Crippen LogP contribution in [0, 0.1) is 12.3 Å². The van der Waals surface area contributed by atoms with E-state index in [-0.39, 0.29) is 12.2 Å². The summed E-state index contributed by atoms with van der Waals surface area (Å²) in [6, 6.07) is 8.94. The van der Waals surface area contributed by atoms with E-state index in [2.05, 4.69) is 5.92 Å². The molecule has 1 atom stereocenters. The van der Waals surface area contributed by atoms with Gasteiger partial charge in [0.25, 0.3) is 0 Å². The van der Waals surface area contributed by atoms with Crippen LogP contribution in [0.25, 0.3) is 0 Å². The van der Waals surface area contributed by atoms with E-state index in [1.807, 2.05) is 6.07 Å². The Bertz CT molecular complexity index is 422. The summed E-state index contributed by atoms with van der Waals surface area (Å²) in [5, 5.41) is 9.51. The number of ketones is 1. The largest absolute Gasteiger partial charge is 0.378 e. The van der Waals surface area contributed by atoms with Gasteiger partial charge in [-0.3, -0.25) is 4.79 Å². The third kappa shape index (κ3) is 3.72. The Labute approximate surface area is 95.6 Å². The van der Waals surface area contributed by atoms with Crippen molar-refractivity contribution in [2.75, 3.05) is 0 Å². The van der Waals surface area contributed by atoms with Crippen LogP contribution in [0.4, 0.5) is 0 Å². The fourth-order valence-electron chi connectivity index (χ4n) is 1.15. The Kier molecular flexibility index (Phi) is 4.04. The second-order valence-corrected chi connectivity index (χ2v) is 3.75. The van der Waals surface area contributed by atoms with Gasteiger partial charge in [-0.1, -0.05) is 42.3 Å². The zero-order chi connectivity index (χ0) is 12.0. The van der Waals surface area contributed by atoms with Crippen LogP contribution in [0.15, 0.2) is 42.5 Å². The summed E-state index contributed by atoms with van der Waals surface area (Å²) in [6.07, 6.45) is 8.41. The lowest BCUT2D eigenvalue weighted by Gasteiger charge is -2.12. The first kappa shape index (κ1) is 12.2. The number of carbonyl (C=O) groups is 1. The van der Waals surface area contributed by atoms with Crippen LogP contribution in [-0.2, 0) is 0 Å². The summed E-state index contributed by atoms with van der Waals surface area (Å²) in [4.78, 5) is 11.6. The Morgan fingerprint density at radius 2 is 2.12 bits per heavy atom. The summed E-state index contributed by atoms with van der Waals surface area (Å²) < 4.78 is 0. The van der Waals surface area contributed by atoms with Crippen LogP contribution in [-0.4, -0.2) is 16.5 Å². The molecular formula is C14H14O2. The minimum absolute atomic E-state index is 0.0894. The predicted molar refractivity (Wildman–Crippen MR) is 64.0 cm³/mol. The van der Waals surface area contributed by atoms with Gasteiger partial charge in [-0.2, -0.15) is 0 Å². The Morgan fingerprint density at radius 3 is 2.69 bits per heavy atom. The zero-order valence-corrected chi connectivity index (χ0v) is 9.18. The molecule has 1 rings (SSSR count). The molecule has 1 aromatic carbocycles. The van der Waals surface area contributed by atoms with E-state index in [1.54, 1.807) is 30.3 Å². The SMILES string of the molecule is C#CC(C)(O)C/C=C\C(=O)c1ccccc1. The van der Waals surface area contributed by atoms with Crippen molar-refractivity contribution < 1.29 is 9.90 Å². The van der Waals surface area contributed by atoms with Crippen LogP contribution in [0.2, 0.25) is 0 Å². The number of aliphatic hydroxyl groups is 1. The molecule has 0 radical (unpaired) electrons. The number of carbonyl (C=O) groups excluding carboxylic acids is 1. The monoisotopic (exact) mass is 214 g/mol. The van der Waals surface area contributed by atoms with E-state index in [0.717, 1.165) is 0 Å². The fourth-order valence-corrected chi connectivity index (χ4v) is 1.15. The van der Waals surface area contributed by atoms with Gasteiger partial charge in [0.05, 0.1) is 0 Å². The molecule has 1 N–H and O–H groups in total. The van der Waals surface area contributed by atoms with Crippen molar-refractivity contribution in [1.29, 1.82) is 0 Å². The summed E-state index contributed by atoms with van der Waals surface area (Å²) in [5.41, 5.74) is -0.563. The number of rotatable bonds is 4. The molecule has 0 saturated carbocycles. The molecule has 0 aliphatic heterocycles. The minimum Gasteiger partial charge on any atom is -0.378 e. The molecule has 2 nitrogen and oxygen atoms in total. The second-order valence-electron chi connectivity index (χ2n) is 3.75. The van der Waals surface area contributed by atoms with Gasteiger partial charge in [0, 0.05) is 12.0 Å². The summed E-state index contributed by atoms with van der Waals surface area (Å²) in [5.74, 6) is 2.16. The van der Waals surface area contributed by atoms with Crippen LogP contribution in [0.5, 0.6) is 0 Å². The molecule has 0 aliphatic carbocycles. The highest BCUT2D eigenvalue weighted by atomic mass is 16.3. The third-order valence-electron chi connectivity index (χ3n) is 2.15. The Balaban J connectivity index is 2.60. The fraction of sp³-hybridized carbons (Fsp3) is 0.214. The van der Waals surface area contributed by atoms with Gasteiger partial charge in [-0.05, 0) is 13.0 Å². The van der Waals surface area contributed by atoms with E-state index in [9.17, 15) is 9.90 Å². The van der Waals surface area contributed by atoms with Gasteiger partial charge < -0.3 is 5.11 Å². The lowest BCUT2D eigenvalue weighted by Crippen LogP contribution is -2.19. The smallest absolute Gasteiger partial charge is 0.185 e. The van der Waals surface area contributed by atoms with Crippen molar-refractivity contribution >= 4 is 5.78 Å². The Hall–Kier alpha value is -1.85. The minimum atomic E-state index is -1.19. The standard InChI is InChI=1S/C14H14O2/c1-3-14(2,16)11-7-10-13(15)12-8-5-4-6-9-12/h1,4-10,16H,11H2,2H3/b10-7-. The molecule has 16 heavy (non-hydrogen) atoms. The highest BCUT2D eigenvalue weighted by molar-refractivity contribution is 6.04. The van der Waals surface area contributed by atoms with Crippen LogP contribution in [0.3, 0.4) is 0 Å². The lowest BCUT2D eigenvalue weighted by atomic mass is 10.0. The molecule has 0 aromatic heterocycles. The molecule has 0 aliphatic rings. The summed E-state index contributed by atoms with van der Waals surface area (Å²) in [6.45, 7) is 1.53. The highest BCUT2D eigenvalue weighted by Gasteiger charge is 2.13. The van der Waals surface area contributed by atoms with Gasteiger partial charge in [0.15, 0.2) is 5.78 Å². The van der Waals surface area contributed by atoms with Crippen molar-refractivity contribution in [2.24, 2.45) is 0 Å². The molecule has 0 bridgehead atoms. The van der Waals surface area contributed by atoms with Crippen molar-refractivity contribution in [3.05, 3.63) is 48.0 Å². The van der Waals surface area contributed by atoms with Crippen molar-refractivity contribution in [2.45, 2.75) is 18.9 Å². The number of benzene rings is 1. The first-order valence-electron chi connectivity index (χ1n) is 5.01. The van der Waals surface area contributed by atoms with Gasteiger partial charge in [-0.25, -0.2) is 0 Å². The molecular weight excluding hydrogens is 200 g/mol. The summed E-state index contributed by atoms with van der Waals surface area (Å²) in [7, 11) is 0. The van der Waals surface area contributed by atoms with Crippen LogP contribution in [0.1, 0.15) is 23.7 Å². The van der Waals surface area contributed by atoms with E-state index < -0.39 is 5.60 Å². The molecule has 0 fully saturated rings. The number of hydrogen-bond acceptors (Lipinski definition) is 2. The van der Waals surface area contributed by atoms with Crippen LogP contribution < -0.4 is 0 Å². The van der Waals surface area contributed by atoms with E-state index >= 15 is 0 Å². The van der Waals surface area contributed by atoms with Gasteiger partial charge >= 0.3 is 0 Å². The van der Waals surface area contributed by atoms with Crippen LogP contribution >= 0.6 is 0 Å². The number of hydrogen-bond donors (Lipinski definition) is 1. The van der Waals surface area contributed by atoms with Gasteiger partial charge in [0.1, 0.15) is 5.60 Å². The lowest BCUT2D eigenvalue weighted by molar-refractivity contribution is 0.104. The van der Waals surface area contributed by atoms with Crippen molar-refractivity contribution in [3.63, 3.8) is 0 Å². The topological polar surface area (TPSA) is 37.3 Å². The summed E-state index contributed by atoms with van der Waals surface area (Å²) >= 11 is 0. The first-order valence-corrected chi connectivity index (χ1v) is 5.01. The Morgan fingerprint density at radius 1 is 1.50 bits per heavy atom. The number of terminal acetylenes is 1. The third-order valence-corrected chi connectivity index (χ3v) is 2.15. The molecule has 2 heteroatoms. The molecule has 1 unspecified atom stereocenters. The van der Waals surface area contributed by atoms with Gasteiger partial charge in [-0.15, -0.1) is 6.42 Å². The normalized spacial score (nSPS) is 14.3. The predicted octanol–water partition coefficient (Wildman–Crippen LogP) is 2.20. The maximum Gasteiger partial charge on any atom is 0.185 e. The molecule has 0 spiro atoms. The molecule has 0 heterocycles. The second kappa shape index (κ2) is 5.29.